The third kappa shape index (κ3) is 4.92. The van der Waals surface area contributed by atoms with Gasteiger partial charge in [-0.3, -0.25) is 0 Å². The lowest BCUT2D eigenvalue weighted by molar-refractivity contribution is 0.414. The van der Waals surface area contributed by atoms with Crippen molar-refractivity contribution in [2.24, 2.45) is 7.05 Å². The van der Waals surface area contributed by atoms with Crippen molar-refractivity contribution in [3.05, 3.63) is 59.9 Å². The van der Waals surface area contributed by atoms with Gasteiger partial charge in [0.25, 0.3) is 0 Å². The molecule has 5 rings (SSSR count). The molecule has 8 heteroatoms. The van der Waals surface area contributed by atoms with E-state index in [1.54, 1.807) is 13.4 Å². The van der Waals surface area contributed by atoms with E-state index in [9.17, 15) is 0 Å². The molecule has 0 aliphatic carbocycles. The maximum Gasteiger partial charge on any atom is 0.229 e. The predicted octanol–water partition coefficient (Wildman–Crippen LogP) is 5.44. The van der Waals surface area contributed by atoms with E-state index in [4.69, 9.17) is 14.7 Å². The molecule has 0 spiro atoms. The molecule has 4 aromatic rings. The van der Waals surface area contributed by atoms with Crippen LogP contribution in [0.25, 0.3) is 11.2 Å². The summed E-state index contributed by atoms with van der Waals surface area (Å²) in [6, 6.07) is 15.1. The van der Waals surface area contributed by atoms with Crippen LogP contribution < -0.4 is 19.9 Å². The number of hydrogen-bond donors (Lipinski definition) is 1. The molecule has 194 valence electrons. The summed E-state index contributed by atoms with van der Waals surface area (Å²) < 4.78 is 7.30. The van der Waals surface area contributed by atoms with E-state index in [2.05, 4.69) is 85.1 Å². The van der Waals surface area contributed by atoms with Gasteiger partial charge < -0.3 is 24.4 Å². The van der Waals surface area contributed by atoms with Crippen LogP contribution in [-0.2, 0) is 12.5 Å². The first kappa shape index (κ1) is 24.9. The van der Waals surface area contributed by atoms with Crippen LogP contribution in [0, 0.1) is 6.92 Å². The summed E-state index contributed by atoms with van der Waals surface area (Å²) in [4.78, 5) is 19.2. The first-order valence-electron chi connectivity index (χ1n) is 12.9. The molecular weight excluding hydrogens is 462 g/mol. The summed E-state index contributed by atoms with van der Waals surface area (Å²) in [6.45, 7) is 13.6. The number of imidazole rings is 1. The van der Waals surface area contributed by atoms with E-state index in [0.717, 1.165) is 42.4 Å². The van der Waals surface area contributed by atoms with Crippen molar-refractivity contribution < 1.29 is 4.74 Å². The predicted molar refractivity (Wildman–Crippen MR) is 151 cm³/mol. The van der Waals surface area contributed by atoms with Gasteiger partial charge in [-0.1, -0.05) is 32.9 Å². The second kappa shape index (κ2) is 9.57. The van der Waals surface area contributed by atoms with Crippen LogP contribution >= 0.6 is 0 Å². The zero-order valence-corrected chi connectivity index (χ0v) is 22.9. The normalized spacial score (nSPS) is 16.4. The number of ether oxygens (including phenoxy) is 1. The smallest absolute Gasteiger partial charge is 0.229 e. The van der Waals surface area contributed by atoms with Gasteiger partial charge in [-0.05, 0) is 60.7 Å². The summed E-state index contributed by atoms with van der Waals surface area (Å²) in [6.07, 6.45) is 1.80. The van der Waals surface area contributed by atoms with E-state index in [1.807, 2.05) is 23.7 Å². The summed E-state index contributed by atoms with van der Waals surface area (Å²) in [5, 5.41) is 3.63. The number of piperazine rings is 1. The molecule has 1 atom stereocenters. The molecule has 8 nitrogen and oxygen atoms in total. The minimum atomic E-state index is 0.0573. The van der Waals surface area contributed by atoms with Crippen LogP contribution in [0.5, 0.6) is 5.75 Å². The van der Waals surface area contributed by atoms with Gasteiger partial charge in [0.2, 0.25) is 5.95 Å². The maximum atomic E-state index is 5.32. The molecule has 1 unspecified atom stereocenters. The second-order valence-electron chi connectivity index (χ2n) is 11.0. The number of aromatic nitrogens is 4. The molecule has 0 bridgehead atoms. The Morgan fingerprint density at radius 1 is 1.03 bits per heavy atom. The van der Waals surface area contributed by atoms with Crippen molar-refractivity contribution in [3.8, 4) is 5.75 Å². The summed E-state index contributed by atoms with van der Waals surface area (Å²) in [5.74, 6) is 2.36. The Kier molecular flexibility index (Phi) is 6.43. The Bertz CT molecular complexity index is 1400. The second-order valence-corrected chi connectivity index (χ2v) is 11.0. The molecule has 1 aliphatic heterocycles. The lowest BCUT2D eigenvalue weighted by Crippen LogP contribution is -2.52. The van der Waals surface area contributed by atoms with E-state index in [-0.39, 0.29) is 11.5 Å². The van der Waals surface area contributed by atoms with Gasteiger partial charge in [0.05, 0.1) is 13.4 Å². The maximum absolute atomic E-state index is 5.32. The molecule has 2 aromatic heterocycles. The van der Waals surface area contributed by atoms with Crippen LogP contribution in [0.1, 0.15) is 38.8 Å². The first-order chi connectivity index (χ1) is 17.6. The standard InChI is InChI=1S/C29H37N7O/c1-19-8-9-21(29(3,4)5)16-24(19)31-27-25-26(30-18-34(25)6)32-28(33-27)36-15-14-35(17-20(36)2)22-10-12-23(37-7)13-11-22/h8-13,16,18,20H,14-15,17H2,1-7H3,(H,31,32,33). The van der Waals surface area contributed by atoms with Gasteiger partial charge in [0, 0.05) is 44.1 Å². The summed E-state index contributed by atoms with van der Waals surface area (Å²) >= 11 is 0. The Balaban J connectivity index is 1.45. The molecule has 0 saturated carbocycles. The Hall–Kier alpha value is -3.81. The summed E-state index contributed by atoms with van der Waals surface area (Å²) in [5.41, 5.74) is 6.35. The number of rotatable bonds is 5. The van der Waals surface area contributed by atoms with Gasteiger partial charge in [0.1, 0.15) is 11.3 Å². The minimum absolute atomic E-state index is 0.0573. The Labute approximate surface area is 219 Å². The number of nitrogens with one attached hydrogen (secondary N) is 1. The van der Waals surface area contributed by atoms with Crippen LogP contribution in [0.2, 0.25) is 0 Å². The van der Waals surface area contributed by atoms with Gasteiger partial charge in [-0.2, -0.15) is 9.97 Å². The van der Waals surface area contributed by atoms with Gasteiger partial charge in [-0.15, -0.1) is 0 Å². The fourth-order valence-electron chi connectivity index (χ4n) is 4.89. The van der Waals surface area contributed by atoms with Gasteiger partial charge in [-0.25, -0.2) is 4.98 Å². The Morgan fingerprint density at radius 3 is 2.46 bits per heavy atom. The largest absolute Gasteiger partial charge is 0.497 e. The lowest BCUT2D eigenvalue weighted by Gasteiger charge is -2.41. The monoisotopic (exact) mass is 499 g/mol. The lowest BCUT2D eigenvalue weighted by atomic mass is 9.86. The molecule has 37 heavy (non-hydrogen) atoms. The van der Waals surface area contributed by atoms with E-state index >= 15 is 0 Å². The summed E-state index contributed by atoms with van der Waals surface area (Å²) in [7, 11) is 3.68. The van der Waals surface area contributed by atoms with Crippen molar-refractivity contribution in [2.75, 3.05) is 41.9 Å². The van der Waals surface area contributed by atoms with Crippen molar-refractivity contribution in [2.45, 2.75) is 46.1 Å². The molecule has 1 fully saturated rings. The van der Waals surface area contributed by atoms with Gasteiger partial charge in [0.15, 0.2) is 11.5 Å². The highest BCUT2D eigenvalue weighted by Crippen LogP contribution is 2.32. The highest BCUT2D eigenvalue weighted by molar-refractivity contribution is 5.87. The zero-order chi connectivity index (χ0) is 26.3. The van der Waals surface area contributed by atoms with E-state index in [1.165, 1.54) is 16.8 Å². The van der Waals surface area contributed by atoms with Crippen LogP contribution in [0.3, 0.4) is 0 Å². The highest BCUT2D eigenvalue weighted by Gasteiger charge is 2.27. The van der Waals surface area contributed by atoms with E-state index in [0.29, 0.717) is 11.6 Å². The molecule has 1 saturated heterocycles. The van der Waals surface area contributed by atoms with Crippen LogP contribution in [-0.4, -0.2) is 52.3 Å². The van der Waals surface area contributed by atoms with Crippen molar-refractivity contribution in [1.29, 1.82) is 0 Å². The molecular formula is C29H37N7O. The SMILES string of the molecule is COc1ccc(N2CCN(c3nc(Nc4cc(C(C)(C)C)ccc4C)c4c(ncn4C)n3)C(C)C2)cc1. The van der Waals surface area contributed by atoms with Crippen molar-refractivity contribution >= 4 is 34.3 Å². The third-order valence-electron chi connectivity index (χ3n) is 7.24. The van der Waals surface area contributed by atoms with Crippen molar-refractivity contribution in [1.82, 2.24) is 19.5 Å². The fraction of sp³-hybridized carbons (Fsp3) is 0.414. The zero-order valence-electron chi connectivity index (χ0n) is 22.9. The molecule has 0 radical (unpaired) electrons. The average Bonchev–Trinajstić information content (AvgIpc) is 3.25. The number of anilines is 4. The van der Waals surface area contributed by atoms with Gasteiger partial charge >= 0.3 is 0 Å². The molecule has 2 aromatic carbocycles. The molecule has 3 heterocycles. The molecule has 1 aliphatic rings. The third-order valence-corrected chi connectivity index (χ3v) is 7.24. The number of aryl methyl sites for hydroxylation is 2. The minimum Gasteiger partial charge on any atom is -0.497 e. The number of methoxy groups -OCH3 is 1. The average molecular weight is 500 g/mol. The van der Waals surface area contributed by atoms with E-state index < -0.39 is 0 Å². The van der Waals surface area contributed by atoms with Crippen molar-refractivity contribution in [3.63, 3.8) is 0 Å². The molecule has 0 amide bonds. The number of fused-ring (bicyclic) bond motifs is 1. The topological polar surface area (TPSA) is 71.3 Å². The highest BCUT2D eigenvalue weighted by atomic mass is 16.5. The molecule has 1 N–H and O–H groups in total. The van der Waals surface area contributed by atoms with Crippen LogP contribution in [0.4, 0.5) is 23.1 Å². The number of benzene rings is 2. The fourth-order valence-corrected chi connectivity index (χ4v) is 4.89. The number of nitrogens with zero attached hydrogens (tertiary/aromatic N) is 6. The first-order valence-corrected chi connectivity index (χ1v) is 12.9. The Morgan fingerprint density at radius 2 is 1.78 bits per heavy atom. The quantitative estimate of drug-likeness (QED) is 0.392. The van der Waals surface area contributed by atoms with Crippen LogP contribution in [0.15, 0.2) is 48.8 Å². The number of hydrogen-bond acceptors (Lipinski definition) is 7.